The quantitative estimate of drug-likeness (QED) is 0.755. The number of amides is 1. The number of nitrogens with zero attached hydrogens (tertiary/aromatic N) is 2. The molecule has 1 aromatic rings. The summed E-state index contributed by atoms with van der Waals surface area (Å²) >= 11 is 0. The minimum Gasteiger partial charge on any atom is -0.366 e. The summed E-state index contributed by atoms with van der Waals surface area (Å²) < 4.78 is 0. The first-order valence-corrected chi connectivity index (χ1v) is 6.67. The van der Waals surface area contributed by atoms with Gasteiger partial charge in [-0.1, -0.05) is 19.8 Å². The van der Waals surface area contributed by atoms with Crippen molar-refractivity contribution in [3.63, 3.8) is 0 Å². The number of anilines is 1. The van der Waals surface area contributed by atoms with Crippen LogP contribution in [0.1, 0.15) is 56.1 Å². The molecule has 0 atom stereocenters. The Morgan fingerprint density at radius 2 is 2.17 bits per heavy atom. The van der Waals surface area contributed by atoms with Gasteiger partial charge >= 0.3 is 0 Å². The van der Waals surface area contributed by atoms with Gasteiger partial charge in [-0.15, -0.1) is 5.10 Å². The molecule has 1 aliphatic rings. The van der Waals surface area contributed by atoms with E-state index < -0.39 is 0 Å². The van der Waals surface area contributed by atoms with Gasteiger partial charge in [0.2, 0.25) is 11.8 Å². The molecule has 2 rings (SSSR count). The van der Waals surface area contributed by atoms with E-state index in [4.69, 9.17) is 5.73 Å². The number of rotatable bonds is 4. The summed E-state index contributed by atoms with van der Waals surface area (Å²) in [7, 11) is 0. The van der Waals surface area contributed by atoms with Gasteiger partial charge in [0.1, 0.15) is 0 Å². The van der Waals surface area contributed by atoms with E-state index >= 15 is 0 Å². The van der Waals surface area contributed by atoms with E-state index in [1.54, 1.807) is 0 Å². The van der Waals surface area contributed by atoms with Crippen LogP contribution in [0.5, 0.6) is 0 Å². The maximum Gasteiger partial charge on any atom is 0.288 e. The van der Waals surface area contributed by atoms with E-state index in [0.717, 1.165) is 18.8 Å². The third kappa shape index (κ3) is 3.21. The predicted octanol–water partition coefficient (Wildman–Crippen LogP) is 1.48. The van der Waals surface area contributed by atoms with Gasteiger partial charge in [-0.05, 0) is 31.6 Å². The Hall–Kier alpha value is -1.59. The molecule has 6 heteroatoms. The molecule has 0 aromatic carbocycles. The Bertz CT molecular complexity index is 395. The summed E-state index contributed by atoms with van der Waals surface area (Å²) in [5, 5.41) is 9.16. The predicted molar refractivity (Wildman–Crippen MR) is 68.9 cm³/mol. The van der Waals surface area contributed by atoms with Gasteiger partial charge < -0.3 is 11.1 Å². The first kappa shape index (κ1) is 12.9. The van der Waals surface area contributed by atoms with Crippen molar-refractivity contribution in [3.05, 3.63) is 5.82 Å². The monoisotopic (exact) mass is 251 g/mol. The Morgan fingerprint density at radius 3 is 2.72 bits per heavy atom. The topological polar surface area (TPSA) is 96.7 Å². The number of nitrogens with one attached hydrogen (secondary N) is 2. The lowest BCUT2D eigenvalue weighted by Gasteiger charge is -2.28. The lowest BCUT2D eigenvalue weighted by atomic mass is 9.83. The summed E-state index contributed by atoms with van der Waals surface area (Å²) in [4.78, 5) is 15.7. The van der Waals surface area contributed by atoms with Crippen LogP contribution in [-0.2, 0) is 0 Å². The van der Waals surface area contributed by atoms with Gasteiger partial charge in [0.15, 0.2) is 0 Å². The number of hydrogen-bond acceptors (Lipinski definition) is 4. The standard InChI is InChI=1S/C12H21N5O/c1-2-3-8-4-6-9(7-5-8)14-11(18)10-15-12(13)17-16-10/h8-9H,2-7H2,1H3,(H,14,18)(H3,13,15,16,17). The first-order chi connectivity index (χ1) is 8.69. The second-order valence-corrected chi connectivity index (χ2v) is 5.02. The Kier molecular flexibility index (Phi) is 4.17. The van der Waals surface area contributed by atoms with Crippen molar-refractivity contribution in [2.24, 2.45) is 5.92 Å². The maximum absolute atomic E-state index is 11.8. The molecule has 6 nitrogen and oxygen atoms in total. The van der Waals surface area contributed by atoms with Crippen molar-refractivity contribution in [2.75, 3.05) is 5.73 Å². The summed E-state index contributed by atoms with van der Waals surface area (Å²) in [6, 6.07) is 0.261. The molecule has 1 aromatic heterocycles. The van der Waals surface area contributed by atoms with Crippen LogP contribution < -0.4 is 11.1 Å². The molecule has 4 N–H and O–H groups in total. The number of nitrogen functional groups attached to an aromatic ring is 1. The summed E-state index contributed by atoms with van der Waals surface area (Å²) in [6.07, 6.45) is 7.08. The molecule has 1 heterocycles. The van der Waals surface area contributed by atoms with Crippen LogP contribution in [0.4, 0.5) is 5.95 Å². The number of carbonyl (C=O) groups excluding carboxylic acids is 1. The summed E-state index contributed by atoms with van der Waals surface area (Å²) in [5.41, 5.74) is 5.37. The molecule has 0 spiro atoms. The molecular formula is C12H21N5O. The SMILES string of the molecule is CCCC1CCC(NC(=O)c2nc(N)n[nH]2)CC1. The molecule has 18 heavy (non-hydrogen) atoms. The molecule has 0 radical (unpaired) electrons. The second kappa shape index (κ2) is 5.84. The summed E-state index contributed by atoms with van der Waals surface area (Å²) in [6.45, 7) is 2.22. The molecule has 1 fully saturated rings. The fraction of sp³-hybridized carbons (Fsp3) is 0.750. The third-order valence-corrected chi connectivity index (χ3v) is 3.60. The highest BCUT2D eigenvalue weighted by Gasteiger charge is 2.23. The van der Waals surface area contributed by atoms with Gasteiger partial charge in [0, 0.05) is 6.04 Å². The zero-order valence-corrected chi connectivity index (χ0v) is 10.8. The van der Waals surface area contributed by atoms with Gasteiger partial charge in [-0.3, -0.25) is 9.89 Å². The molecule has 1 saturated carbocycles. The first-order valence-electron chi connectivity index (χ1n) is 6.67. The minimum atomic E-state index is -0.210. The zero-order chi connectivity index (χ0) is 13.0. The average molecular weight is 251 g/mol. The highest BCUT2D eigenvalue weighted by atomic mass is 16.2. The van der Waals surface area contributed by atoms with Gasteiger partial charge in [0.05, 0.1) is 0 Å². The van der Waals surface area contributed by atoms with Crippen molar-refractivity contribution >= 4 is 11.9 Å². The van der Waals surface area contributed by atoms with Crippen molar-refractivity contribution in [2.45, 2.75) is 51.5 Å². The highest BCUT2D eigenvalue weighted by Crippen LogP contribution is 2.27. The van der Waals surface area contributed by atoms with E-state index in [1.807, 2.05) is 0 Å². The molecular weight excluding hydrogens is 230 g/mol. The molecule has 1 aliphatic carbocycles. The van der Waals surface area contributed by atoms with Gasteiger partial charge in [-0.2, -0.15) is 4.98 Å². The molecule has 100 valence electrons. The van der Waals surface area contributed by atoms with Crippen LogP contribution in [0.3, 0.4) is 0 Å². The number of H-pyrrole nitrogens is 1. The second-order valence-electron chi connectivity index (χ2n) is 5.02. The fourth-order valence-electron chi connectivity index (χ4n) is 2.63. The number of nitrogens with two attached hydrogens (primary N) is 1. The van der Waals surface area contributed by atoms with Gasteiger partial charge in [0.25, 0.3) is 5.91 Å². The largest absolute Gasteiger partial charge is 0.366 e. The third-order valence-electron chi connectivity index (χ3n) is 3.60. The number of aromatic nitrogens is 3. The zero-order valence-electron chi connectivity index (χ0n) is 10.8. The van der Waals surface area contributed by atoms with E-state index in [-0.39, 0.29) is 23.7 Å². The van der Waals surface area contributed by atoms with Crippen LogP contribution in [0, 0.1) is 5.92 Å². The Balaban J connectivity index is 1.79. The van der Waals surface area contributed by atoms with Crippen LogP contribution >= 0.6 is 0 Å². The molecule has 0 unspecified atom stereocenters. The van der Waals surface area contributed by atoms with Crippen LogP contribution in [-0.4, -0.2) is 27.1 Å². The normalized spacial score (nSPS) is 23.8. The van der Waals surface area contributed by atoms with Crippen molar-refractivity contribution < 1.29 is 4.79 Å². The Morgan fingerprint density at radius 1 is 1.44 bits per heavy atom. The number of aromatic amines is 1. The maximum atomic E-state index is 11.8. The number of hydrogen-bond donors (Lipinski definition) is 3. The lowest BCUT2D eigenvalue weighted by Crippen LogP contribution is -2.38. The average Bonchev–Trinajstić information content (AvgIpc) is 2.79. The van der Waals surface area contributed by atoms with Crippen LogP contribution in [0.2, 0.25) is 0 Å². The van der Waals surface area contributed by atoms with Crippen LogP contribution in [0.15, 0.2) is 0 Å². The van der Waals surface area contributed by atoms with Crippen molar-refractivity contribution in [1.29, 1.82) is 0 Å². The molecule has 0 aliphatic heterocycles. The van der Waals surface area contributed by atoms with Crippen molar-refractivity contribution in [1.82, 2.24) is 20.5 Å². The molecule has 0 saturated heterocycles. The van der Waals surface area contributed by atoms with Gasteiger partial charge in [-0.25, -0.2) is 0 Å². The fourth-order valence-corrected chi connectivity index (χ4v) is 2.63. The molecule has 0 bridgehead atoms. The van der Waals surface area contributed by atoms with E-state index in [1.165, 1.54) is 25.7 Å². The van der Waals surface area contributed by atoms with E-state index in [0.29, 0.717) is 0 Å². The summed E-state index contributed by atoms with van der Waals surface area (Å²) in [5.74, 6) is 0.928. The highest BCUT2D eigenvalue weighted by molar-refractivity contribution is 5.90. The minimum absolute atomic E-state index is 0.104. The Labute approximate surface area is 107 Å². The molecule has 1 amide bonds. The van der Waals surface area contributed by atoms with Crippen LogP contribution in [0.25, 0.3) is 0 Å². The van der Waals surface area contributed by atoms with Crippen molar-refractivity contribution in [3.8, 4) is 0 Å². The number of carbonyl (C=O) groups is 1. The smallest absolute Gasteiger partial charge is 0.288 e. The lowest BCUT2D eigenvalue weighted by molar-refractivity contribution is 0.0911. The van der Waals surface area contributed by atoms with E-state index in [2.05, 4.69) is 27.4 Å². The van der Waals surface area contributed by atoms with E-state index in [9.17, 15) is 4.79 Å².